The Balaban J connectivity index is 1.86. The number of fused-ring (bicyclic) bond motifs is 1. The van der Waals surface area contributed by atoms with Crippen LogP contribution in [-0.2, 0) is 27.3 Å². The van der Waals surface area contributed by atoms with Crippen LogP contribution in [-0.4, -0.2) is 80.4 Å². The van der Waals surface area contributed by atoms with Gasteiger partial charge >= 0.3 is 12.2 Å². The number of carboxylic acid groups (broad SMARTS) is 1. The number of hydrogen-bond donors (Lipinski definition) is 3. The number of pyridine rings is 2. The van der Waals surface area contributed by atoms with E-state index < -0.39 is 29.7 Å². The minimum absolute atomic E-state index is 0.0855. The zero-order valence-electron chi connectivity index (χ0n) is 24.2. The maximum Gasteiger partial charge on any atom is 0.417 e. The van der Waals surface area contributed by atoms with E-state index in [2.05, 4.69) is 25.3 Å². The summed E-state index contributed by atoms with van der Waals surface area (Å²) in [4.78, 5) is 72.4. The molecule has 3 aromatic rings. The molecule has 3 rings (SSSR count). The zero-order chi connectivity index (χ0) is 31.0. The van der Waals surface area contributed by atoms with Crippen LogP contribution in [0.4, 0.5) is 15.3 Å². The molecule has 3 amide bonds. The van der Waals surface area contributed by atoms with Crippen molar-refractivity contribution in [1.82, 2.24) is 29.3 Å². The van der Waals surface area contributed by atoms with Gasteiger partial charge in [0.25, 0.3) is 5.56 Å². The number of amides is 3. The van der Waals surface area contributed by atoms with Crippen molar-refractivity contribution < 1.29 is 29.0 Å². The molecule has 1 unspecified atom stereocenters. The SMILES string of the molecule is COC(=O)NC(CC/C=C/C(=O)N(C)C)C(=O)Nc1cccn(Cc2nc3c(CC(C)C)nccc3n2C(=O)O)c1=O. The third-order valence-electron chi connectivity index (χ3n) is 6.22. The van der Waals surface area contributed by atoms with Gasteiger partial charge in [-0.25, -0.2) is 19.1 Å². The summed E-state index contributed by atoms with van der Waals surface area (Å²) in [5.41, 5.74) is 0.765. The van der Waals surface area contributed by atoms with E-state index >= 15 is 0 Å². The second-order valence-corrected chi connectivity index (χ2v) is 10.1. The Bertz CT molecular complexity index is 1560. The Kier molecular flexibility index (Phi) is 10.5. The minimum Gasteiger partial charge on any atom is -0.464 e. The van der Waals surface area contributed by atoms with Crippen LogP contribution in [0.25, 0.3) is 11.0 Å². The molecule has 1 atom stereocenters. The first kappa shape index (κ1) is 31.5. The number of rotatable bonds is 11. The molecule has 3 N–H and O–H groups in total. The lowest BCUT2D eigenvalue weighted by Gasteiger charge is -2.17. The molecular weight excluding hydrogens is 546 g/mol. The number of carbonyl (C=O) groups excluding carboxylic acids is 3. The molecule has 0 bridgehead atoms. The van der Waals surface area contributed by atoms with Crippen LogP contribution in [0, 0.1) is 5.92 Å². The smallest absolute Gasteiger partial charge is 0.417 e. The van der Waals surface area contributed by atoms with Crippen molar-refractivity contribution in [2.24, 2.45) is 5.92 Å². The number of nitrogens with one attached hydrogen (secondary N) is 2. The van der Waals surface area contributed by atoms with E-state index in [1.807, 2.05) is 13.8 Å². The predicted molar refractivity (Wildman–Crippen MR) is 154 cm³/mol. The van der Waals surface area contributed by atoms with Gasteiger partial charge in [0.15, 0.2) is 0 Å². The molecule has 42 heavy (non-hydrogen) atoms. The molecule has 0 saturated heterocycles. The number of likely N-dealkylation sites (N-methyl/N-ethyl adjacent to an activating group) is 1. The summed E-state index contributed by atoms with van der Waals surface area (Å²) in [5, 5.41) is 14.9. The van der Waals surface area contributed by atoms with Crippen molar-refractivity contribution in [1.29, 1.82) is 0 Å². The average Bonchev–Trinajstić information content (AvgIpc) is 3.31. The monoisotopic (exact) mass is 581 g/mol. The van der Waals surface area contributed by atoms with E-state index in [4.69, 9.17) is 0 Å². The lowest BCUT2D eigenvalue weighted by atomic mass is 10.1. The van der Waals surface area contributed by atoms with Crippen molar-refractivity contribution in [2.45, 2.75) is 45.7 Å². The van der Waals surface area contributed by atoms with Gasteiger partial charge in [-0.2, -0.15) is 0 Å². The molecule has 0 aliphatic rings. The molecule has 0 fully saturated rings. The summed E-state index contributed by atoms with van der Waals surface area (Å²) in [6, 6.07) is 3.40. The molecule has 0 aromatic carbocycles. The van der Waals surface area contributed by atoms with Gasteiger partial charge in [0.1, 0.15) is 23.1 Å². The molecule has 0 aliphatic carbocycles. The number of anilines is 1. The Labute approximate surface area is 242 Å². The largest absolute Gasteiger partial charge is 0.464 e. The van der Waals surface area contributed by atoms with Crippen LogP contribution >= 0.6 is 0 Å². The van der Waals surface area contributed by atoms with E-state index in [9.17, 15) is 29.1 Å². The summed E-state index contributed by atoms with van der Waals surface area (Å²) in [6.45, 7) is 3.84. The van der Waals surface area contributed by atoms with Gasteiger partial charge in [-0.05, 0) is 49.5 Å². The van der Waals surface area contributed by atoms with Crippen molar-refractivity contribution in [3.8, 4) is 0 Å². The fourth-order valence-corrected chi connectivity index (χ4v) is 4.16. The van der Waals surface area contributed by atoms with Crippen LogP contribution in [0.5, 0.6) is 0 Å². The minimum atomic E-state index is -1.26. The van der Waals surface area contributed by atoms with Gasteiger partial charge in [-0.15, -0.1) is 0 Å². The predicted octanol–water partition coefficient (Wildman–Crippen LogP) is 2.45. The standard InChI is InChI=1S/C28H35N7O7/c1-17(2)15-20-24-21(12-13-29-20)35(28(40)41)22(32-24)16-34-14-8-10-19(26(34)38)30-25(37)18(31-27(39)42-5)9-6-7-11-23(36)33(3)4/h7-8,10-14,17-18H,6,9,15-16H2,1-5H3,(H,30,37)(H,31,39)(H,40,41)/b11-7+. The van der Waals surface area contributed by atoms with E-state index in [0.717, 1.165) is 11.7 Å². The first-order chi connectivity index (χ1) is 19.9. The molecule has 14 nitrogen and oxygen atoms in total. The molecule has 0 aliphatic heterocycles. The quantitative estimate of drug-likeness (QED) is 0.287. The topological polar surface area (TPSA) is 178 Å². The molecule has 0 radical (unpaired) electrons. The van der Waals surface area contributed by atoms with Crippen LogP contribution in [0.15, 0.2) is 47.5 Å². The molecular formula is C28H35N7O7. The molecule has 3 aromatic heterocycles. The fraction of sp³-hybridized carbons (Fsp3) is 0.393. The van der Waals surface area contributed by atoms with Crippen molar-refractivity contribution >= 4 is 40.7 Å². The number of aromatic nitrogens is 4. The van der Waals surface area contributed by atoms with Crippen LogP contribution in [0.3, 0.4) is 0 Å². The van der Waals surface area contributed by atoms with Crippen molar-refractivity contribution in [2.75, 3.05) is 26.5 Å². The summed E-state index contributed by atoms with van der Waals surface area (Å²) in [7, 11) is 4.36. The number of alkyl carbamates (subject to hydrolysis) is 1. The second kappa shape index (κ2) is 14.1. The number of methoxy groups -OCH3 is 1. The molecule has 0 saturated carbocycles. The Morgan fingerprint density at radius 2 is 1.93 bits per heavy atom. The lowest BCUT2D eigenvalue weighted by molar-refractivity contribution is -0.123. The maximum atomic E-state index is 13.3. The van der Waals surface area contributed by atoms with Gasteiger partial charge in [-0.1, -0.05) is 19.9 Å². The highest BCUT2D eigenvalue weighted by atomic mass is 16.5. The highest BCUT2D eigenvalue weighted by Gasteiger charge is 2.23. The van der Waals surface area contributed by atoms with E-state index in [1.165, 1.54) is 40.1 Å². The van der Waals surface area contributed by atoms with Gasteiger partial charge < -0.3 is 29.9 Å². The third kappa shape index (κ3) is 7.80. The van der Waals surface area contributed by atoms with Crippen LogP contribution < -0.4 is 16.2 Å². The van der Waals surface area contributed by atoms with E-state index in [-0.39, 0.29) is 42.7 Å². The molecule has 14 heteroatoms. The fourth-order valence-electron chi connectivity index (χ4n) is 4.16. The van der Waals surface area contributed by atoms with Gasteiger partial charge in [0, 0.05) is 26.5 Å². The average molecular weight is 582 g/mol. The maximum absolute atomic E-state index is 13.3. The van der Waals surface area contributed by atoms with Crippen LogP contribution in [0.1, 0.15) is 38.2 Å². The number of nitrogens with zero attached hydrogens (tertiary/aromatic N) is 5. The van der Waals surface area contributed by atoms with E-state index in [1.54, 1.807) is 26.2 Å². The number of ether oxygens (including phenoxy) is 1. The molecule has 0 spiro atoms. The van der Waals surface area contributed by atoms with Gasteiger partial charge in [0.05, 0.1) is 24.9 Å². The summed E-state index contributed by atoms with van der Waals surface area (Å²) < 4.78 is 6.86. The number of carbonyl (C=O) groups is 4. The first-order valence-electron chi connectivity index (χ1n) is 13.2. The Morgan fingerprint density at radius 1 is 1.19 bits per heavy atom. The second-order valence-electron chi connectivity index (χ2n) is 10.1. The Morgan fingerprint density at radius 3 is 2.57 bits per heavy atom. The van der Waals surface area contributed by atoms with Crippen molar-refractivity contribution in [3.05, 3.63) is 64.6 Å². The first-order valence-corrected chi connectivity index (χ1v) is 13.2. The molecule has 224 valence electrons. The summed E-state index contributed by atoms with van der Waals surface area (Å²) in [6.07, 6.45) is 4.81. The summed E-state index contributed by atoms with van der Waals surface area (Å²) >= 11 is 0. The zero-order valence-corrected chi connectivity index (χ0v) is 24.2. The van der Waals surface area contributed by atoms with Gasteiger partial charge in [0.2, 0.25) is 11.8 Å². The normalized spacial score (nSPS) is 12.0. The Hall–Kier alpha value is -5.01. The number of imidazole rings is 1. The highest BCUT2D eigenvalue weighted by molar-refractivity contribution is 5.96. The highest BCUT2D eigenvalue weighted by Crippen LogP contribution is 2.21. The third-order valence-corrected chi connectivity index (χ3v) is 6.22. The number of allylic oxidation sites excluding steroid dienone is 1. The van der Waals surface area contributed by atoms with Crippen LogP contribution in [0.2, 0.25) is 0 Å². The van der Waals surface area contributed by atoms with Gasteiger partial charge in [-0.3, -0.25) is 19.4 Å². The summed E-state index contributed by atoms with van der Waals surface area (Å²) in [5.74, 6) is -0.542. The van der Waals surface area contributed by atoms with Crippen molar-refractivity contribution in [3.63, 3.8) is 0 Å². The number of hydrogen-bond acceptors (Lipinski definition) is 8. The van der Waals surface area contributed by atoms with E-state index in [0.29, 0.717) is 23.1 Å². The lowest BCUT2D eigenvalue weighted by Crippen LogP contribution is -2.44. The molecule has 3 heterocycles.